The van der Waals surface area contributed by atoms with E-state index in [1.165, 1.54) is 5.56 Å². The van der Waals surface area contributed by atoms with Gasteiger partial charge in [-0.25, -0.2) is 0 Å². The van der Waals surface area contributed by atoms with Gasteiger partial charge in [-0.3, -0.25) is 0 Å². The molecule has 1 aromatic rings. The molecule has 0 radical (unpaired) electrons. The quantitative estimate of drug-likeness (QED) is 0.623. The van der Waals surface area contributed by atoms with E-state index in [4.69, 9.17) is 4.74 Å². The Labute approximate surface area is 130 Å². The summed E-state index contributed by atoms with van der Waals surface area (Å²) < 4.78 is 7.02. The lowest BCUT2D eigenvalue weighted by Crippen LogP contribution is -2.64. The van der Waals surface area contributed by atoms with Crippen LogP contribution in [0.25, 0.3) is 0 Å². The highest BCUT2D eigenvalue weighted by molar-refractivity contribution is 9.10. The normalized spacial score (nSPS) is 41.6. The first-order valence-electron chi connectivity index (χ1n) is 7.44. The molecule has 5 heteroatoms. The van der Waals surface area contributed by atoms with Gasteiger partial charge in [0.15, 0.2) is 11.5 Å². The summed E-state index contributed by atoms with van der Waals surface area (Å²) in [4.78, 5) is 0. The van der Waals surface area contributed by atoms with E-state index in [2.05, 4.69) is 27.3 Å². The summed E-state index contributed by atoms with van der Waals surface area (Å²) in [5.74, 6) is 1.08. The summed E-state index contributed by atoms with van der Waals surface area (Å²) in [7, 11) is 0. The molecule has 2 bridgehead atoms. The third kappa shape index (κ3) is 1.29. The molecular weight excluding hydrogens is 334 g/mol. The molecule has 0 unspecified atom stereocenters. The van der Waals surface area contributed by atoms with Crippen LogP contribution < -0.4 is 10.1 Å². The second-order valence-electron chi connectivity index (χ2n) is 6.56. The molecule has 1 fully saturated rings. The summed E-state index contributed by atoms with van der Waals surface area (Å²) in [6, 6.07) is 2.09. The van der Waals surface area contributed by atoms with E-state index in [0.717, 1.165) is 29.4 Å². The van der Waals surface area contributed by atoms with Crippen LogP contribution in [0.1, 0.15) is 17.5 Å². The smallest absolute Gasteiger partial charge is 0.165 e. The Bertz CT molecular complexity index is 689. The number of halogens is 1. The van der Waals surface area contributed by atoms with E-state index in [-0.39, 0.29) is 17.3 Å². The molecule has 1 saturated heterocycles. The van der Waals surface area contributed by atoms with Crippen LogP contribution in [-0.4, -0.2) is 35.0 Å². The summed E-state index contributed by atoms with van der Waals surface area (Å²) >= 11 is 3.60. The molecule has 1 spiro atoms. The number of hydrogen-bond acceptors (Lipinski definition) is 4. The topological polar surface area (TPSA) is 61.7 Å². The third-order valence-electron chi connectivity index (χ3n) is 5.75. The molecule has 0 aromatic heterocycles. The largest absolute Gasteiger partial charge is 0.504 e. The summed E-state index contributed by atoms with van der Waals surface area (Å²) in [5.41, 5.74) is 2.15. The molecule has 21 heavy (non-hydrogen) atoms. The lowest BCUT2D eigenvalue weighted by Gasteiger charge is -2.53. The predicted octanol–water partition coefficient (Wildman–Crippen LogP) is 1.62. The van der Waals surface area contributed by atoms with Gasteiger partial charge in [0.25, 0.3) is 0 Å². The zero-order valence-corrected chi connectivity index (χ0v) is 12.9. The first-order chi connectivity index (χ1) is 10.1. The van der Waals surface area contributed by atoms with Gasteiger partial charge in [-0.1, -0.05) is 28.1 Å². The second kappa shape index (κ2) is 3.83. The van der Waals surface area contributed by atoms with Crippen LogP contribution in [0.4, 0.5) is 0 Å². The van der Waals surface area contributed by atoms with Gasteiger partial charge in [0.2, 0.25) is 0 Å². The van der Waals surface area contributed by atoms with E-state index in [1.54, 1.807) is 6.07 Å². The van der Waals surface area contributed by atoms with Gasteiger partial charge in [-0.05, 0) is 31.0 Å². The lowest BCUT2D eigenvalue weighted by molar-refractivity contribution is -0.0178. The molecule has 2 aliphatic carbocycles. The van der Waals surface area contributed by atoms with Crippen LogP contribution in [0.2, 0.25) is 0 Å². The molecule has 4 nitrogen and oxygen atoms in total. The van der Waals surface area contributed by atoms with Crippen molar-refractivity contribution in [3.8, 4) is 11.5 Å². The first-order valence-corrected chi connectivity index (χ1v) is 8.23. The molecule has 110 valence electrons. The van der Waals surface area contributed by atoms with Crippen molar-refractivity contribution in [2.24, 2.45) is 5.92 Å². The molecule has 5 rings (SSSR count). The number of ether oxygens (including phenoxy) is 1. The second-order valence-corrected chi connectivity index (χ2v) is 7.41. The van der Waals surface area contributed by atoms with Crippen LogP contribution in [0, 0.1) is 5.92 Å². The summed E-state index contributed by atoms with van der Waals surface area (Å²) in [5, 5.41) is 24.3. The van der Waals surface area contributed by atoms with Gasteiger partial charge in [0.05, 0.1) is 0 Å². The molecule has 4 aliphatic rings. The highest BCUT2D eigenvalue weighted by Crippen LogP contribution is 2.62. The standard InChI is InChI=1S/C16H16BrNO3/c17-9-6-12(20)14-13-7(9)5-10-8-1-2-11(19)15(21-14)16(8,13)3-4-18-10/h1-2,6,8,10-11,15,18-20H,3-5H2/t8-,10+,11-,15-,16-/m0/s1. The Kier molecular flexibility index (Phi) is 2.28. The highest BCUT2D eigenvalue weighted by Gasteiger charge is 2.63. The van der Waals surface area contributed by atoms with Crippen molar-refractivity contribution in [1.82, 2.24) is 5.32 Å². The Morgan fingerprint density at radius 1 is 1.38 bits per heavy atom. The van der Waals surface area contributed by atoms with Crippen molar-refractivity contribution < 1.29 is 14.9 Å². The van der Waals surface area contributed by atoms with Crippen LogP contribution in [0.5, 0.6) is 11.5 Å². The van der Waals surface area contributed by atoms with Gasteiger partial charge in [-0.2, -0.15) is 0 Å². The number of piperidine rings is 1. The van der Waals surface area contributed by atoms with E-state index in [9.17, 15) is 10.2 Å². The number of rotatable bonds is 0. The number of benzene rings is 1. The Balaban J connectivity index is 1.88. The number of phenols is 1. The van der Waals surface area contributed by atoms with Crippen molar-refractivity contribution in [1.29, 1.82) is 0 Å². The zero-order valence-electron chi connectivity index (χ0n) is 11.3. The molecule has 3 N–H and O–H groups in total. The van der Waals surface area contributed by atoms with Crippen molar-refractivity contribution in [2.75, 3.05) is 6.54 Å². The van der Waals surface area contributed by atoms with Crippen LogP contribution >= 0.6 is 15.9 Å². The van der Waals surface area contributed by atoms with Crippen molar-refractivity contribution in [3.05, 3.63) is 33.8 Å². The number of aromatic hydroxyl groups is 1. The maximum Gasteiger partial charge on any atom is 0.165 e. The SMILES string of the molecule is Oc1cc(Br)c2c3c1O[C@H]1[C@@H](O)C=C[C@H]4[C@@H](C2)NCC[C@@]341. The fourth-order valence-electron chi connectivity index (χ4n) is 5.02. The molecule has 0 saturated carbocycles. The fraction of sp³-hybridized carbons (Fsp3) is 0.500. The Morgan fingerprint density at radius 2 is 2.24 bits per heavy atom. The fourth-order valence-corrected chi connectivity index (χ4v) is 5.59. The summed E-state index contributed by atoms with van der Waals surface area (Å²) in [6.45, 7) is 0.924. The monoisotopic (exact) mass is 349 g/mol. The molecular formula is C16H16BrNO3. The number of aliphatic hydroxyl groups is 1. The van der Waals surface area contributed by atoms with Gasteiger partial charge in [0, 0.05) is 27.4 Å². The number of hydrogen-bond donors (Lipinski definition) is 3. The van der Waals surface area contributed by atoms with Gasteiger partial charge in [-0.15, -0.1) is 0 Å². The Morgan fingerprint density at radius 3 is 3.10 bits per heavy atom. The maximum atomic E-state index is 10.4. The van der Waals surface area contributed by atoms with Crippen LogP contribution in [-0.2, 0) is 11.8 Å². The van der Waals surface area contributed by atoms with E-state index < -0.39 is 6.10 Å². The minimum absolute atomic E-state index is 0.173. The molecule has 1 aromatic carbocycles. The predicted molar refractivity (Wildman–Crippen MR) is 80.6 cm³/mol. The maximum absolute atomic E-state index is 10.4. The van der Waals surface area contributed by atoms with Crippen molar-refractivity contribution in [2.45, 2.75) is 36.5 Å². The number of phenolic OH excluding ortho intramolecular Hbond substituents is 1. The minimum atomic E-state index is -0.614. The van der Waals surface area contributed by atoms with Gasteiger partial charge < -0.3 is 20.3 Å². The van der Waals surface area contributed by atoms with Crippen LogP contribution in [0.15, 0.2) is 22.7 Å². The highest BCUT2D eigenvalue weighted by atomic mass is 79.9. The lowest BCUT2D eigenvalue weighted by atomic mass is 9.54. The zero-order chi connectivity index (χ0) is 14.4. The van der Waals surface area contributed by atoms with Gasteiger partial charge in [0.1, 0.15) is 12.2 Å². The van der Waals surface area contributed by atoms with Gasteiger partial charge >= 0.3 is 0 Å². The van der Waals surface area contributed by atoms with E-state index >= 15 is 0 Å². The van der Waals surface area contributed by atoms with E-state index in [1.807, 2.05) is 6.08 Å². The average molecular weight is 350 g/mol. The molecule has 2 heterocycles. The number of aliphatic hydroxyl groups excluding tert-OH is 1. The van der Waals surface area contributed by atoms with Crippen molar-refractivity contribution >= 4 is 15.9 Å². The number of nitrogens with one attached hydrogen (secondary N) is 1. The minimum Gasteiger partial charge on any atom is -0.504 e. The molecule has 0 amide bonds. The third-order valence-corrected chi connectivity index (χ3v) is 6.46. The first kappa shape index (κ1) is 12.5. The summed E-state index contributed by atoms with van der Waals surface area (Å²) in [6.07, 6.45) is 4.96. The Hall–Kier alpha value is -1.04. The average Bonchev–Trinajstić information content (AvgIpc) is 2.78. The van der Waals surface area contributed by atoms with Crippen molar-refractivity contribution in [3.63, 3.8) is 0 Å². The molecule has 2 aliphatic heterocycles. The van der Waals surface area contributed by atoms with E-state index in [0.29, 0.717) is 17.7 Å². The molecule has 5 atom stereocenters. The van der Waals surface area contributed by atoms with Crippen LogP contribution in [0.3, 0.4) is 0 Å².